The highest BCUT2D eigenvalue weighted by Crippen LogP contribution is 2.24. The highest BCUT2D eigenvalue weighted by Gasteiger charge is 2.12. The molecule has 2 rings (SSSR count). The van der Waals surface area contributed by atoms with Gasteiger partial charge in [-0.15, -0.1) is 0 Å². The van der Waals surface area contributed by atoms with Crippen molar-refractivity contribution in [2.24, 2.45) is 0 Å². The number of benzene rings is 1. The van der Waals surface area contributed by atoms with Crippen LogP contribution in [-0.2, 0) is 4.74 Å². The monoisotopic (exact) mass is 256 g/mol. The Morgan fingerprint density at radius 1 is 1.11 bits per heavy atom. The molecule has 98 valence electrons. The number of hydrogen-bond donors (Lipinski definition) is 1. The maximum Gasteiger partial charge on any atom is 0.358 e. The number of pyridine rings is 1. The molecule has 1 aromatic heterocycles. The van der Waals surface area contributed by atoms with Gasteiger partial charge < -0.3 is 10.5 Å². The second-order valence-electron chi connectivity index (χ2n) is 4.53. The van der Waals surface area contributed by atoms with Gasteiger partial charge in [0.1, 0.15) is 0 Å². The van der Waals surface area contributed by atoms with Crippen molar-refractivity contribution in [3.05, 3.63) is 47.3 Å². The molecule has 0 radical (unpaired) electrons. The second-order valence-corrected chi connectivity index (χ2v) is 4.53. The lowest BCUT2D eigenvalue weighted by molar-refractivity contribution is 0.0595. The Morgan fingerprint density at radius 3 is 2.26 bits per heavy atom. The van der Waals surface area contributed by atoms with E-state index in [0.717, 1.165) is 11.1 Å². The van der Waals surface area contributed by atoms with Gasteiger partial charge in [-0.1, -0.05) is 29.3 Å². The molecule has 0 saturated carbocycles. The minimum atomic E-state index is -0.524. The first-order valence-electron chi connectivity index (χ1n) is 5.94. The molecule has 4 heteroatoms. The Morgan fingerprint density at radius 2 is 1.74 bits per heavy atom. The van der Waals surface area contributed by atoms with Crippen LogP contribution in [0, 0.1) is 13.8 Å². The summed E-state index contributed by atoms with van der Waals surface area (Å²) in [7, 11) is 1.31. The molecular weight excluding hydrogens is 240 g/mol. The lowest BCUT2D eigenvalue weighted by Gasteiger charge is -2.08. The molecule has 0 aliphatic rings. The molecule has 1 aromatic carbocycles. The molecule has 0 spiro atoms. The number of nitrogen functional groups attached to an aromatic ring is 1. The number of carbonyl (C=O) groups is 1. The predicted molar refractivity (Wildman–Crippen MR) is 74.9 cm³/mol. The third-order valence-corrected chi connectivity index (χ3v) is 2.85. The van der Waals surface area contributed by atoms with Gasteiger partial charge in [0.25, 0.3) is 0 Å². The van der Waals surface area contributed by atoms with E-state index in [1.54, 1.807) is 12.3 Å². The van der Waals surface area contributed by atoms with Crippen LogP contribution < -0.4 is 5.73 Å². The van der Waals surface area contributed by atoms with Crippen LogP contribution >= 0.6 is 0 Å². The quantitative estimate of drug-likeness (QED) is 0.839. The number of carbonyl (C=O) groups excluding carboxylic acids is 1. The fourth-order valence-electron chi connectivity index (χ4n) is 2.05. The predicted octanol–water partition coefficient (Wildman–Crippen LogP) is 2.73. The molecule has 0 atom stereocenters. The molecule has 0 fully saturated rings. The summed E-state index contributed by atoms with van der Waals surface area (Å²) in [4.78, 5) is 15.5. The normalized spacial score (nSPS) is 10.3. The largest absolute Gasteiger partial charge is 0.464 e. The Kier molecular flexibility index (Phi) is 3.51. The number of esters is 1. The van der Waals surface area contributed by atoms with Gasteiger partial charge in [-0.2, -0.15) is 0 Å². The minimum absolute atomic E-state index is 0.149. The number of ether oxygens (including phenoxy) is 1. The Labute approximate surface area is 112 Å². The van der Waals surface area contributed by atoms with Crippen molar-refractivity contribution in [3.8, 4) is 11.1 Å². The fourth-order valence-corrected chi connectivity index (χ4v) is 2.05. The molecule has 0 saturated heterocycles. The van der Waals surface area contributed by atoms with Gasteiger partial charge in [0.15, 0.2) is 5.69 Å². The third-order valence-electron chi connectivity index (χ3n) is 2.85. The maximum atomic E-state index is 11.4. The summed E-state index contributed by atoms with van der Waals surface area (Å²) in [6.07, 6.45) is 1.64. The SMILES string of the molecule is COC(=O)c1ncc(-c2cc(C)cc(C)c2)cc1N. The van der Waals surface area contributed by atoms with Gasteiger partial charge in [0, 0.05) is 11.8 Å². The molecule has 19 heavy (non-hydrogen) atoms. The molecule has 0 amide bonds. The highest BCUT2D eigenvalue weighted by molar-refractivity contribution is 5.93. The van der Waals surface area contributed by atoms with Gasteiger partial charge in [0.05, 0.1) is 12.8 Å². The Hall–Kier alpha value is -2.36. The van der Waals surface area contributed by atoms with Gasteiger partial charge >= 0.3 is 5.97 Å². The first-order chi connectivity index (χ1) is 9.01. The summed E-state index contributed by atoms with van der Waals surface area (Å²) in [5.41, 5.74) is 10.6. The molecule has 2 N–H and O–H groups in total. The molecule has 0 unspecified atom stereocenters. The van der Waals surface area contributed by atoms with Crippen LogP contribution in [0.1, 0.15) is 21.6 Å². The van der Waals surface area contributed by atoms with Crippen molar-refractivity contribution in [2.75, 3.05) is 12.8 Å². The second kappa shape index (κ2) is 5.10. The number of methoxy groups -OCH3 is 1. The number of hydrogen-bond acceptors (Lipinski definition) is 4. The smallest absolute Gasteiger partial charge is 0.358 e. The van der Waals surface area contributed by atoms with Crippen molar-refractivity contribution >= 4 is 11.7 Å². The first kappa shape index (κ1) is 13.1. The van der Waals surface area contributed by atoms with Crippen LogP contribution in [0.2, 0.25) is 0 Å². The number of aromatic nitrogens is 1. The minimum Gasteiger partial charge on any atom is -0.464 e. The van der Waals surface area contributed by atoms with E-state index in [-0.39, 0.29) is 5.69 Å². The molecule has 0 bridgehead atoms. The van der Waals surface area contributed by atoms with Crippen molar-refractivity contribution in [1.29, 1.82) is 0 Å². The zero-order valence-corrected chi connectivity index (χ0v) is 11.2. The maximum absolute atomic E-state index is 11.4. The molecule has 0 aliphatic heterocycles. The van der Waals surface area contributed by atoms with Gasteiger partial charge in [-0.25, -0.2) is 9.78 Å². The lowest BCUT2D eigenvalue weighted by Crippen LogP contribution is -2.08. The third kappa shape index (κ3) is 2.73. The van der Waals surface area contributed by atoms with Crippen molar-refractivity contribution in [1.82, 2.24) is 4.98 Å². The van der Waals surface area contributed by atoms with E-state index in [1.165, 1.54) is 18.2 Å². The van der Waals surface area contributed by atoms with Crippen LogP contribution in [-0.4, -0.2) is 18.1 Å². The summed E-state index contributed by atoms with van der Waals surface area (Å²) in [5.74, 6) is -0.524. The Balaban J connectivity index is 2.47. The lowest BCUT2D eigenvalue weighted by atomic mass is 10.0. The molecule has 4 nitrogen and oxygen atoms in total. The van der Waals surface area contributed by atoms with Crippen LogP contribution in [0.5, 0.6) is 0 Å². The van der Waals surface area contributed by atoms with Crippen molar-refractivity contribution < 1.29 is 9.53 Å². The summed E-state index contributed by atoms with van der Waals surface area (Å²) < 4.78 is 4.62. The molecule has 1 heterocycles. The standard InChI is InChI=1S/C15H16N2O2/c1-9-4-10(2)6-11(5-9)12-7-13(16)14(17-8-12)15(18)19-3/h4-8H,16H2,1-3H3. The average Bonchev–Trinajstić information content (AvgIpc) is 2.36. The number of aryl methyl sites for hydroxylation is 2. The zero-order valence-electron chi connectivity index (χ0n) is 11.2. The van der Waals surface area contributed by atoms with Crippen LogP contribution in [0.3, 0.4) is 0 Å². The topological polar surface area (TPSA) is 65.2 Å². The molecule has 0 aliphatic carbocycles. The number of nitrogens with two attached hydrogens (primary N) is 1. The fraction of sp³-hybridized carbons (Fsp3) is 0.200. The van der Waals surface area contributed by atoms with Gasteiger partial charge in [-0.05, 0) is 25.5 Å². The number of nitrogens with zero attached hydrogens (tertiary/aromatic N) is 1. The van der Waals surface area contributed by atoms with Crippen molar-refractivity contribution in [2.45, 2.75) is 13.8 Å². The van der Waals surface area contributed by atoms with E-state index in [0.29, 0.717) is 5.69 Å². The van der Waals surface area contributed by atoms with E-state index in [2.05, 4.69) is 27.9 Å². The first-order valence-corrected chi connectivity index (χ1v) is 5.94. The summed E-state index contributed by atoms with van der Waals surface area (Å²) in [6.45, 7) is 4.08. The van der Waals surface area contributed by atoms with E-state index < -0.39 is 5.97 Å². The number of rotatable bonds is 2. The van der Waals surface area contributed by atoms with E-state index >= 15 is 0 Å². The number of anilines is 1. The van der Waals surface area contributed by atoms with E-state index in [9.17, 15) is 4.79 Å². The average molecular weight is 256 g/mol. The van der Waals surface area contributed by atoms with Crippen LogP contribution in [0.25, 0.3) is 11.1 Å². The van der Waals surface area contributed by atoms with E-state index in [4.69, 9.17) is 5.73 Å². The van der Waals surface area contributed by atoms with Crippen LogP contribution in [0.4, 0.5) is 5.69 Å². The highest BCUT2D eigenvalue weighted by atomic mass is 16.5. The van der Waals surface area contributed by atoms with Crippen molar-refractivity contribution in [3.63, 3.8) is 0 Å². The van der Waals surface area contributed by atoms with Crippen LogP contribution in [0.15, 0.2) is 30.5 Å². The molecular formula is C15H16N2O2. The van der Waals surface area contributed by atoms with Gasteiger partial charge in [-0.3, -0.25) is 0 Å². The molecule has 2 aromatic rings. The van der Waals surface area contributed by atoms with E-state index in [1.807, 2.05) is 13.8 Å². The Bertz CT molecular complexity index is 616. The summed E-state index contributed by atoms with van der Waals surface area (Å²) >= 11 is 0. The zero-order chi connectivity index (χ0) is 14.0. The summed E-state index contributed by atoms with van der Waals surface area (Å²) in [5, 5.41) is 0. The van der Waals surface area contributed by atoms with Gasteiger partial charge in [0.2, 0.25) is 0 Å². The summed E-state index contributed by atoms with van der Waals surface area (Å²) in [6, 6.07) is 7.96.